The summed E-state index contributed by atoms with van der Waals surface area (Å²) in [6.45, 7) is 1.61. The monoisotopic (exact) mass is 258 g/mol. The first-order chi connectivity index (χ1) is 8.50. The second-order valence-corrected chi connectivity index (χ2v) is 4.72. The van der Waals surface area contributed by atoms with Gasteiger partial charge in [0.05, 0.1) is 5.56 Å². The second-order valence-electron chi connectivity index (χ2n) is 4.72. The summed E-state index contributed by atoms with van der Waals surface area (Å²) in [4.78, 5) is 0. The SMILES string of the molecule is NC(c1ccccc1C(F)(F)F)C1CCCNC1. The van der Waals surface area contributed by atoms with Gasteiger partial charge in [0, 0.05) is 6.04 Å². The molecule has 0 amide bonds. The fourth-order valence-electron chi connectivity index (χ4n) is 2.49. The van der Waals surface area contributed by atoms with E-state index >= 15 is 0 Å². The van der Waals surface area contributed by atoms with E-state index in [1.165, 1.54) is 12.1 Å². The van der Waals surface area contributed by atoms with Gasteiger partial charge in [-0.3, -0.25) is 0 Å². The number of hydrogen-bond donors (Lipinski definition) is 2. The van der Waals surface area contributed by atoms with E-state index in [4.69, 9.17) is 5.73 Å². The van der Waals surface area contributed by atoms with Crippen molar-refractivity contribution in [3.8, 4) is 0 Å². The van der Waals surface area contributed by atoms with Gasteiger partial charge in [0.2, 0.25) is 0 Å². The highest BCUT2D eigenvalue weighted by Gasteiger charge is 2.35. The average molecular weight is 258 g/mol. The number of piperidine rings is 1. The van der Waals surface area contributed by atoms with Gasteiger partial charge in [0.25, 0.3) is 0 Å². The van der Waals surface area contributed by atoms with Gasteiger partial charge in [-0.1, -0.05) is 18.2 Å². The van der Waals surface area contributed by atoms with Crippen LogP contribution in [0.15, 0.2) is 24.3 Å². The number of benzene rings is 1. The molecular formula is C13H17F3N2. The Morgan fingerprint density at radius 1 is 1.28 bits per heavy atom. The van der Waals surface area contributed by atoms with Crippen LogP contribution in [0.25, 0.3) is 0 Å². The van der Waals surface area contributed by atoms with E-state index in [0.717, 1.165) is 25.5 Å². The molecule has 1 saturated heterocycles. The number of nitrogens with two attached hydrogens (primary N) is 1. The maximum atomic E-state index is 12.9. The second kappa shape index (κ2) is 5.28. The number of halogens is 3. The molecule has 0 spiro atoms. The van der Waals surface area contributed by atoms with Crippen LogP contribution < -0.4 is 11.1 Å². The van der Waals surface area contributed by atoms with E-state index in [1.807, 2.05) is 0 Å². The highest BCUT2D eigenvalue weighted by Crippen LogP contribution is 2.36. The normalized spacial score (nSPS) is 22.8. The fraction of sp³-hybridized carbons (Fsp3) is 0.538. The van der Waals surface area contributed by atoms with Crippen LogP contribution in [0, 0.1) is 5.92 Å². The van der Waals surface area contributed by atoms with Gasteiger partial charge < -0.3 is 11.1 Å². The van der Waals surface area contributed by atoms with Gasteiger partial charge in [-0.15, -0.1) is 0 Å². The summed E-state index contributed by atoms with van der Waals surface area (Å²) in [6.07, 6.45) is -2.50. The molecule has 3 N–H and O–H groups in total. The lowest BCUT2D eigenvalue weighted by Gasteiger charge is -2.30. The third-order valence-corrected chi connectivity index (χ3v) is 3.47. The Balaban J connectivity index is 2.26. The molecule has 0 aliphatic carbocycles. The Morgan fingerprint density at radius 3 is 2.61 bits per heavy atom. The summed E-state index contributed by atoms with van der Waals surface area (Å²) >= 11 is 0. The largest absolute Gasteiger partial charge is 0.416 e. The molecule has 5 heteroatoms. The van der Waals surface area contributed by atoms with Crippen molar-refractivity contribution >= 4 is 0 Å². The van der Waals surface area contributed by atoms with Gasteiger partial charge in [-0.05, 0) is 43.5 Å². The molecule has 0 bridgehead atoms. The van der Waals surface area contributed by atoms with Crippen molar-refractivity contribution in [1.82, 2.24) is 5.32 Å². The van der Waals surface area contributed by atoms with Crippen molar-refractivity contribution in [2.24, 2.45) is 11.7 Å². The van der Waals surface area contributed by atoms with Crippen molar-refractivity contribution in [2.75, 3.05) is 13.1 Å². The predicted molar refractivity (Wildman–Crippen MR) is 64.0 cm³/mol. The smallest absolute Gasteiger partial charge is 0.324 e. The molecule has 2 unspecified atom stereocenters. The van der Waals surface area contributed by atoms with E-state index in [2.05, 4.69) is 5.32 Å². The van der Waals surface area contributed by atoms with Gasteiger partial charge in [0.15, 0.2) is 0 Å². The molecular weight excluding hydrogens is 241 g/mol. The summed E-state index contributed by atoms with van der Waals surface area (Å²) in [5.41, 5.74) is 5.63. The van der Waals surface area contributed by atoms with Crippen molar-refractivity contribution in [2.45, 2.75) is 25.1 Å². The zero-order valence-corrected chi connectivity index (χ0v) is 10.0. The molecule has 1 aromatic carbocycles. The molecule has 1 aliphatic heterocycles. The van der Waals surface area contributed by atoms with E-state index < -0.39 is 17.8 Å². The highest BCUT2D eigenvalue weighted by atomic mass is 19.4. The molecule has 2 atom stereocenters. The van der Waals surface area contributed by atoms with Crippen LogP contribution in [0.1, 0.15) is 30.0 Å². The van der Waals surface area contributed by atoms with Gasteiger partial charge >= 0.3 is 6.18 Å². The molecule has 0 radical (unpaired) electrons. The number of alkyl halides is 3. The minimum Gasteiger partial charge on any atom is -0.324 e. The van der Waals surface area contributed by atoms with Crippen LogP contribution in [0.2, 0.25) is 0 Å². The van der Waals surface area contributed by atoms with Gasteiger partial charge in [-0.2, -0.15) is 13.2 Å². The maximum Gasteiger partial charge on any atom is 0.416 e. The van der Waals surface area contributed by atoms with Crippen LogP contribution >= 0.6 is 0 Å². The molecule has 100 valence electrons. The molecule has 2 rings (SSSR count). The summed E-state index contributed by atoms with van der Waals surface area (Å²) in [6, 6.07) is 5.04. The van der Waals surface area contributed by atoms with Crippen LogP contribution in [0.5, 0.6) is 0 Å². The van der Waals surface area contributed by atoms with Crippen LogP contribution in [-0.2, 0) is 6.18 Å². The number of hydrogen-bond acceptors (Lipinski definition) is 2. The molecule has 1 heterocycles. The standard InChI is InChI=1S/C13H17F3N2/c14-13(15,16)11-6-2-1-5-10(11)12(17)9-4-3-7-18-8-9/h1-2,5-6,9,12,18H,3-4,7-8,17H2. The Hall–Kier alpha value is -1.07. The maximum absolute atomic E-state index is 12.9. The van der Waals surface area contributed by atoms with Crippen molar-refractivity contribution in [3.63, 3.8) is 0 Å². The zero-order valence-electron chi connectivity index (χ0n) is 10.0. The predicted octanol–water partition coefficient (Wildman–Crippen LogP) is 2.70. The molecule has 0 saturated carbocycles. The van der Waals surface area contributed by atoms with Crippen LogP contribution in [0.4, 0.5) is 13.2 Å². The Kier molecular flexibility index (Phi) is 3.92. The number of nitrogens with one attached hydrogen (secondary N) is 1. The summed E-state index contributed by atoms with van der Waals surface area (Å²) < 4.78 is 38.7. The van der Waals surface area contributed by atoms with Crippen molar-refractivity contribution < 1.29 is 13.2 Å². The minimum absolute atomic E-state index is 0.0715. The first-order valence-corrected chi connectivity index (χ1v) is 6.12. The van der Waals surface area contributed by atoms with Crippen LogP contribution in [-0.4, -0.2) is 13.1 Å². The molecule has 1 aromatic rings. The first-order valence-electron chi connectivity index (χ1n) is 6.12. The number of rotatable bonds is 2. The lowest BCUT2D eigenvalue weighted by molar-refractivity contribution is -0.138. The summed E-state index contributed by atoms with van der Waals surface area (Å²) in [7, 11) is 0. The third-order valence-electron chi connectivity index (χ3n) is 3.47. The highest BCUT2D eigenvalue weighted by molar-refractivity contribution is 5.32. The molecule has 1 aliphatic rings. The van der Waals surface area contributed by atoms with E-state index in [9.17, 15) is 13.2 Å². The van der Waals surface area contributed by atoms with Crippen molar-refractivity contribution in [1.29, 1.82) is 0 Å². The Bertz CT molecular complexity index is 397. The molecule has 2 nitrogen and oxygen atoms in total. The average Bonchev–Trinajstić information content (AvgIpc) is 2.38. The van der Waals surface area contributed by atoms with Gasteiger partial charge in [0.1, 0.15) is 0 Å². The molecule has 0 aromatic heterocycles. The molecule has 18 heavy (non-hydrogen) atoms. The van der Waals surface area contributed by atoms with E-state index in [0.29, 0.717) is 6.54 Å². The minimum atomic E-state index is -4.34. The van der Waals surface area contributed by atoms with Crippen molar-refractivity contribution in [3.05, 3.63) is 35.4 Å². The van der Waals surface area contributed by atoms with E-state index in [-0.39, 0.29) is 11.5 Å². The quantitative estimate of drug-likeness (QED) is 0.856. The summed E-state index contributed by atoms with van der Waals surface area (Å²) in [5.74, 6) is 0.0715. The van der Waals surface area contributed by atoms with Crippen LogP contribution in [0.3, 0.4) is 0 Å². The topological polar surface area (TPSA) is 38.0 Å². The zero-order chi connectivity index (χ0) is 13.2. The molecule has 1 fully saturated rings. The lowest BCUT2D eigenvalue weighted by atomic mass is 9.86. The summed E-state index contributed by atoms with van der Waals surface area (Å²) in [5, 5.41) is 3.18. The third kappa shape index (κ3) is 2.84. The van der Waals surface area contributed by atoms with Gasteiger partial charge in [-0.25, -0.2) is 0 Å². The Labute approximate surface area is 104 Å². The lowest BCUT2D eigenvalue weighted by Crippen LogP contribution is -2.37. The fourth-order valence-corrected chi connectivity index (χ4v) is 2.49. The Morgan fingerprint density at radius 2 is 2.00 bits per heavy atom. The first kappa shape index (κ1) is 13.4. The van der Waals surface area contributed by atoms with E-state index in [1.54, 1.807) is 6.07 Å².